The predicted molar refractivity (Wildman–Crippen MR) is 74.9 cm³/mol. The lowest BCUT2D eigenvalue weighted by molar-refractivity contribution is -0.129. The summed E-state index contributed by atoms with van der Waals surface area (Å²) < 4.78 is 0. The van der Waals surface area contributed by atoms with Gasteiger partial charge in [0.05, 0.1) is 0 Å². The molecule has 0 saturated carbocycles. The first kappa shape index (κ1) is 14.8. The SMILES string of the molecule is CN1CCCN(C(=O)c2ccc(/C(N)=N/O)cn2)CC1=O. The largest absolute Gasteiger partial charge is 0.409 e. The number of oxime groups is 1. The first-order chi connectivity index (χ1) is 10.0. The first-order valence-corrected chi connectivity index (χ1v) is 6.50. The maximum atomic E-state index is 12.3. The summed E-state index contributed by atoms with van der Waals surface area (Å²) in [7, 11) is 1.72. The maximum absolute atomic E-state index is 12.3. The molecule has 0 radical (unpaired) electrons. The molecule has 1 aromatic rings. The van der Waals surface area contributed by atoms with Gasteiger partial charge in [-0.25, -0.2) is 0 Å². The number of rotatable bonds is 2. The van der Waals surface area contributed by atoms with Crippen LogP contribution in [0.3, 0.4) is 0 Å². The normalized spacial score (nSPS) is 16.8. The van der Waals surface area contributed by atoms with E-state index in [1.54, 1.807) is 18.0 Å². The first-order valence-electron chi connectivity index (χ1n) is 6.50. The number of amidine groups is 1. The number of aromatic nitrogens is 1. The second-order valence-electron chi connectivity index (χ2n) is 4.81. The molecule has 1 aliphatic heterocycles. The molecule has 1 fully saturated rings. The Labute approximate surface area is 121 Å². The summed E-state index contributed by atoms with van der Waals surface area (Å²) in [5, 5.41) is 11.4. The number of hydrogen-bond donors (Lipinski definition) is 2. The van der Waals surface area contributed by atoms with E-state index in [0.717, 1.165) is 6.42 Å². The maximum Gasteiger partial charge on any atom is 0.272 e. The highest BCUT2D eigenvalue weighted by Gasteiger charge is 2.24. The molecule has 0 aliphatic carbocycles. The molecular formula is C13H17N5O3. The minimum Gasteiger partial charge on any atom is -0.409 e. The Hall–Kier alpha value is -2.64. The standard InChI is InChI=1S/C13H17N5O3/c1-17-5-2-6-18(8-11(17)19)13(20)10-4-3-9(7-15-10)12(14)16-21/h3-4,7,21H,2,5-6,8H2,1H3,(H2,14,16). The average Bonchev–Trinajstić information content (AvgIpc) is 2.68. The number of likely N-dealkylation sites (N-methyl/N-ethyl adjacent to an activating group) is 1. The molecule has 1 saturated heterocycles. The van der Waals surface area contributed by atoms with E-state index in [2.05, 4.69) is 10.1 Å². The van der Waals surface area contributed by atoms with E-state index in [1.165, 1.54) is 17.2 Å². The number of nitrogens with two attached hydrogens (primary N) is 1. The van der Waals surface area contributed by atoms with Gasteiger partial charge >= 0.3 is 0 Å². The van der Waals surface area contributed by atoms with Crippen molar-refractivity contribution in [3.8, 4) is 0 Å². The Morgan fingerprint density at radius 2 is 2.19 bits per heavy atom. The van der Waals surface area contributed by atoms with Crippen molar-refractivity contribution in [3.63, 3.8) is 0 Å². The molecule has 2 heterocycles. The van der Waals surface area contributed by atoms with E-state index in [1.807, 2.05) is 0 Å². The van der Waals surface area contributed by atoms with Crippen LogP contribution in [0.25, 0.3) is 0 Å². The lowest BCUT2D eigenvalue weighted by Gasteiger charge is -2.19. The van der Waals surface area contributed by atoms with Gasteiger partial charge < -0.3 is 20.7 Å². The van der Waals surface area contributed by atoms with Crippen molar-refractivity contribution in [2.75, 3.05) is 26.7 Å². The van der Waals surface area contributed by atoms with Gasteiger partial charge in [-0.2, -0.15) is 0 Å². The fourth-order valence-corrected chi connectivity index (χ4v) is 2.05. The predicted octanol–water partition coefficient (Wildman–Crippen LogP) is -0.520. The molecule has 2 amide bonds. The van der Waals surface area contributed by atoms with E-state index in [9.17, 15) is 9.59 Å². The van der Waals surface area contributed by atoms with Crippen LogP contribution in [0.1, 0.15) is 22.5 Å². The van der Waals surface area contributed by atoms with Gasteiger partial charge in [0.1, 0.15) is 12.2 Å². The van der Waals surface area contributed by atoms with E-state index >= 15 is 0 Å². The molecule has 1 aliphatic rings. The molecule has 0 spiro atoms. The van der Waals surface area contributed by atoms with Gasteiger partial charge in [-0.3, -0.25) is 14.6 Å². The van der Waals surface area contributed by atoms with Crippen LogP contribution in [-0.2, 0) is 4.79 Å². The zero-order chi connectivity index (χ0) is 15.4. The Balaban J connectivity index is 2.14. The van der Waals surface area contributed by atoms with Gasteiger partial charge in [0.15, 0.2) is 5.84 Å². The third-order valence-electron chi connectivity index (χ3n) is 3.35. The number of pyridine rings is 1. The highest BCUT2D eigenvalue weighted by Crippen LogP contribution is 2.08. The van der Waals surface area contributed by atoms with Gasteiger partial charge in [0.2, 0.25) is 5.91 Å². The highest BCUT2D eigenvalue weighted by molar-refractivity contribution is 5.98. The average molecular weight is 291 g/mol. The fourth-order valence-electron chi connectivity index (χ4n) is 2.05. The molecule has 8 heteroatoms. The van der Waals surface area contributed by atoms with Gasteiger partial charge in [-0.05, 0) is 18.6 Å². The Kier molecular flexibility index (Phi) is 4.36. The van der Waals surface area contributed by atoms with E-state index < -0.39 is 0 Å². The van der Waals surface area contributed by atoms with Crippen LogP contribution in [0.4, 0.5) is 0 Å². The lowest BCUT2D eigenvalue weighted by atomic mass is 10.2. The summed E-state index contributed by atoms with van der Waals surface area (Å²) in [5.41, 5.74) is 6.07. The summed E-state index contributed by atoms with van der Waals surface area (Å²) in [5.74, 6) is -0.466. The second-order valence-corrected chi connectivity index (χ2v) is 4.81. The summed E-state index contributed by atoms with van der Waals surface area (Å²) in [4.78, 5) is 31.2. The Morgan fingerprint density at radius 1 is 1.43 bits per heavy atom. The zero-order valence-electron chi connectivity index (χ0n) is 11.7. The number of hydrogen-bond acceptors (Lipinski definition) is 5. The van der Waals surface area contributed by atoms with Gasteiger partial charge in [0.25, 0.3) is 5.91 Å². The van der Waals surface area contributed by atoms with Crippen molar-refractivity contribution in [1.29, 1.82) is 0 Å². The Bertz CT molecular complexity index is 570. The molecule has 8 nitrogen and oxygen atoms in total. The monoisotopic (exact) mass is 291 g/mol. The van der Waals surface area contributed by atoms with Gasteiger partial charge in [0, 0.05) is 31.9 Å². The summed E-state index contributed by atoms with van der Waals surface area (Å²) in [6.07, 6.45) is 2.09. The van der Waals surface area contributed by atoms with Crippen LogP contribution in [0, 0.1) is 0 Å². The fraction of sp³-hybridized carbons (Fsp3) is 0.385. The number of nitrogens with zero attached hydrogens (tertiary/aromatic N) is 4. The highest BCUT2D eigenvalue weighted by atomic mass is 16.4. The van der Waals surface area contributed by atoms with Gasteiger partial charge in [-0.15, -0.1) is 0 Å². The van der Waals surface area contributed by atoms with Crippen molar-refractivity contribution in [2.45, 2.75) is 6.42 Å². The smallest absolute Gasteiger partial charge is 0.272 e. The molecule has 0 atom stereocenters. The minimum atomic E-state index is -0.301. The molecule has 112 valence electrons. The molecule has 0 unspecified atom stereocenters. The van der Waals surface area contributed by atoms with Crippen LogP contribution >= 0.6 is 0 Å². The van der Waals surface area contributed by atoms with Crippen LogP contribution in [0.5, 0.6) is 0 Å². The topological polar surface area (TPSA) is 112 Å². The summed E-state index contributed by atoms with van der Waals surface area (Å²) in [6, 6.07) is 3.04. The van der Waals surface area contributed by atoms with Crippen molar-refractivity contribution in [3.05, 3.63) is 29.6 Å². The third-order valence-corrected chi connectivity index (χ3v) is 3.35. The van der Waals surface area contributed by atoms with Crippen molar-refractivity contribution >= 4 is 17.6 Å². The molecule has 0 bridgehead atoms. The van der Waals surface area contributed by atoms with Gasteiger partial charge in [-0.1, -0.05) is 5.16 Å². The molecule has 3 N–H and O–H groups in total. The van der Waals surface area contributed by atoms with Crippen molar-refractivity contribution in [1.82, 2.24) is 14.8 Å². The molecule has 21 heavy (non-hydrogen) atoms. The van der Waals surface area contributed by atoms with Crippen molar-refractivity contribution < 1.29 is 14.8 Å². The van der Waals surface area contributed by atoms with E-state index in [0.29, 0.717) is 18.7 Å². The quantitative estimate of drug-likeness (QED) is 0.329. The summed E-state index contributed by atoms with van der Waals surface area (Å²) in [6.45, 7) is 1.20. The number of amides is 2. The lowest BCUT2D eigenvalue weighted by Crippen LogP contribution is -2.38. The molecule has 0 aromatic carbocycles. The van der Waals surface area contributed by atoms with Crippen LogP contribution in [0.2, 0.25) is 0 Å². The van der Waals surface area contributed by atoms with E-state index in [4.69, 9.17) is 10.9 Å². The molecule has 2 rings (SSSR count). The summed E-state index contributed by atoms with van der Waals surface area (Å²) >= 11 is 0. The minimum absolute atomic E-state index is 0.0546. The molecular weight excluding hydrogens is 274 g/mol. The second kappa shape index (κ2) is 6.21. The van der Waals surface area contributed by atoms with Crippen LogP contribution < -0.4 is 5.73 Å². The zero-order valence-corrected chi connectivity index (χ0v) is 11.7. The third kappa shape index (κ3) is 3.28. The molecule has 1 aromatic heterocycles. The van der Waals surface area contributed by atoms with Crippen molar-refractivity contribution in [2.24, 2.45) is 10.9 Å². The van der Waals surface area contributed by atoms with Crippen LogP contribution in [-0.4, -0.2) is 64.3 Å². The number of carbonyl (C=O) groups excluding carboxylic acids is 2. The number of carbonyl (C=O) groups is 2. The van der Waals surface area contributed by atoms with Crippen LogP contribution in [0.15, 0.2) is 23.5 Å². The Morgan fingerprint density at radius 3 is 2.81 bits per heavy atom. The van der Waals surface area contributed by atoms with E-state index in [-0.39, 0.29) is 29.9 Å².